The highest BCUT2D eigenvalue weighted by Gasteiger charge is 2.19. The number of anilines is 1. The fraction of sp³-hybridized carbons (Fsp3) is 0.462. The quantitative estimate of drug-likeness (QED) is 0.918. The lowest BCUT2D eigenvalue weighted by Crippen LogP contribution is -2.44. The van der Waals surface area contributed by atoms with Crippen LogP contribution in [-0.4, -0.2) is 38.8 Å². The lowest BCUT2D eigenvalue weighted by molar-refractivity contribution is -0.119. The maximum absolute atomic E-state index is 12.8. The summed E-state index contributed by atoms with van der Waals surface area (Å²) in [5.74, 6) is -0.313. The molecule has 1 heterocycles. The number of morpholine rings is 1. The number of nitrogens with one attached hydrogen (secondary N) is 1. The van der Waals surface area contributed by atoms with Crippen molar-refractivity contribution in [1.82, 2.24) is 5.32 Å². The van der Waals surface area contributed by atoms with Crippen LogP contribution >= 0.6 is 12.4 Å². The van der Waals surface area contributed by atoms with Gasteiger partial charge in [0, 0.05) is 31.7 Å². The molecule has 1 amide bonds. The lowest BCUT2D eigenvalue weighted by atomic mass is 10.1. The van der Waals surface area contributed by atoms with Crippen LogP contribution in [-0.2, 0) is 9.53 Å². The lowest BCUT2D eigenvalue weighted by Gasteiger charge is -2.25. The van der Waals surface area contributed by atoms with E-state index in [-0.39, 0.29) is 30.2 Å². The summed E-state index contributed by atoms with van der Waals surface area (Å²) in [7, 11) is 1.69. The number of nitrogens with zero attached hydrogens (tertiary/aromatic N) is 1. The molecule has 1 aliphatic heterocycles. The van der Waals surface area contributed by atoms with Crippen molar-refractivity contribution in [1.29, 1.82) is 0 Å². The zero-order chi connectivity index (χ0) is 13.0. The van der Waals surface area contributed by atoms with Crippen LogP contribution in [0.25, 0.3) is 0 Å². The SMILES string of the molecule is CN(C(=O)CC1COCCN1)c1ccc(F)cc1.Cl. The van der Waals surface area contributed by atoms with Gasteiger partial charge in [0.05, 0.1) is 13.2 Å². The van der Waals surface area contributed by atoms with Gasteiger partial charge in [-0.2, -0.15) is 0 Å². The average molecular weight is 289 g/mol. The molecule has 1 unspecified atom stereocenters. The monoisotopic (exact) mass is 288 g/mol. The second-order valence-electron chi connectivity index (χ2n) is 4.36. The van der Waals surface area contributed by atoms with E-state index in [1.807, 2.05) is 0 Å². The molecule has 19 heavy (non-hydrogen) atoms. The van der Waals surface area contributed by atoms with E-state index >= 15 is 0 Å². The molecule has 0 aliphatic carbocycles. The minimum absolute atomic E-state index is 0. The van der Waals surface area contributed by atoms with E-state index in [4.69, 9.17) is 4.74 Å². The van der Waals surface area contributed by atoms with Crippen molar-refractivity contribution in [2.45, 2.75) is 12.5 Å². The van der Waals surface area contributed by atoms with Gasteiger partial charge in [-0.1, -0.05) is 0 Å². The predicted octanol–water partition coefficient (Wildman–Crippen LogP) is 1.59. The molecule has 1 aromatic carbocycles. The summed E-state index contributed by atoms with van der Waals surface area (Å²) in [6.07, 6.45) is 0.383. The van der Waals surface area contributed by atoms with Gasteiger partial charge in [-0.05, 0) is 24.3 Å². The molecule has 106 valence electrons. The number of hydrogen-bond acceptors (Lipinski definition) is 3. The summed E-state index contributed by atoms with van der Waals surface area (Å²) in [5.41, 5.74) is 0.693. The Kier molecular flexibility index (Phi) is 6.21. The standard InChI is InChI=1S/C13H17FN2O2.ClH/c1-16(12-4-2-10(14)3-5-12)13(17)8-11-9-18-7-6-15-11;/h2-5,11,15H,6-9H2,1H3;1H. The molecule has 0 spiro atoms. The van der Waals surface area contributed by atoms with Crippen molar-refractivity contribution in [2.24, 2.45) is 0 Å². The highest BCUT2D eigenvalue weighted by molar-refractivity contribution is 5.93. The van der Waals surface area contributed by atoms with Gasteiger partial charge in [0.25, 0.3) is 0 Å². The van der Waals surface area contributed by atoms with Crippen molar-refractivity contribution in [3.8, 4) is 0 Å². The van der Waals surface area contributed by atoms with Gasteiger partial charge >= 0.3 is 0 Å². The molecule has 0 aromatic heterocycles. The molecule has 1 N–H and O–H groups in total. The second-order valence-corrected chi connectivity index (χ2v) is 4.36. The van der Waals surface area contributed by atoms with Crippen LogP contribution in [0.5, 0.6) is 0 Å². The molecule has 1 aromatic rings. The smallest absolute Gasteiger partial charge is 0.228 e. The van der Waals surface area contributed by atoms with E-state index < -0.39 is 0 Å². The first-order chi connectivity index (χ1) is 8.66. The normalized spacial score (nSPS) is 18.5. The van der Waals surface area contributed by atoms with Gasteiger partial charge in [-0.25, -0.2) is 4.39 Å². The Balaban J connectivity index is 0.00000180. The summed E-state index contributed by atoms with van der Waals surface area (Å²) < 4.78 is 18.1. The van der Waals surface area contributed by atoms with E-state index in [1.165, 1.54) is 17.0 Å². The zero-order valence-electron chi connectivity index (χ0n) is 10.8. The fourth-order valence-corrected chi connectivity index (χ4v) is 1.91. The van der Waals surface area contributed by atoms with Gasteiger partial charge in [0.1, 0.15) is 5.82 Å². The molecule has 0 saturated carbocycles. The van der Waals surface area contributed by atoms with Crippen LogP contribution in [0.3, 0.4) is 0 Å². The second kappa shape index (κ2) is 7.43. The van der Waals surface area contributed by atoms with Crippen molar-refractivity contribution in [2.75, 3.05) is 31.7 Å². The van der Waals surface area contributed by atoms with E-state index in [1.54, 1.807) is 19.2 Å². The zero-order valence-corrected chi connectivity index (χ0v) is 11.6. The Labute approximate surface area is 118 Å². The Morgan fingerprint density at radius 2 is 2.16 bits per heavy atom. The van der Waals surface area contributed by atoms with Crippen LogP contribution in [0.4, 0.5) is 10.1 Å². The number of benzene rings is 1. The molecular weight excluding hydrogens is 271 g/mol. The Morgan fingerprint density at radius 1 is 1.47 bits per heavy atom. The van der Waals surface area contributed by atoms with E-state index in [9.17, 15) is 9.18 Å². The minimum Gasteiger partial charge on any atom is -0.378 e. The molecule has 1 fully saturated rings. The molecule has 1 atom stereocenters. The van der Waals surface area contributed by atoms with Crippen LogP contribution in [0, 0.1) is 5.82 Å². The third-order valence-corrected chi connectivity index (χ3v) is 3.01. The summed E-state index contributed by atoms with van der Waals surface area (Å²) in [6, 6.07) is 5.95. The average Bonchev–Trinajstić information content (AvgIpc) is 2.40. The summed E-state index contributed by atoms with van der Waals surface area (Å²) in [5, 5.41) is 3.23. The van der Waals surface area contributed by atoms with Crippen LogP contribution in [0.2, 0.25) is 0 Å². The largest absolute Gasteiger partial charge is 0.378 e. The molecule has 1 aliphatic rings. The number of halogens is 2. The minimum atomic E-state index is -0.304. The van der Waals surface area contributed by atoms with Crippen molar-refractivity contribution >= 4 is 24.0 Å². The Morgan fingerprint density at radius 3 is 2.74 bits per heavy atom. The highest BCUT2D eigenvalue weighted by Crippen LogP contribution is 2.14. The number of rotatable bonds is 3. The highest BCUT2D eigenvalue weighted by atomic mass is 35.5. The summed E-state index contributed by atoms with van der Waals surface area (Å²) >= 11 is 0. The molecular formula is C13H18ClFN2O2. The first-order valence-corrected chi connectivity index (χ1v) is 6.00. The van der Waals surface area contributed by atoms with E-state index in [0.29, 0.717) is 25.3 Å². The summed E-state index contributed by atoms with van der Waals surface area (Å²) in [4.78, 5) is 13.6. The number of carbonyl (C=O) groups is 1. The van der Waals surface area contributed by atoms with Crippen molar-refractivity contribution in [3.05, 3.63) is 30.1 Å². The van der Waals surface area contributed by atoms with Crippen molar-refractivity contribution in [3.63, 3.8) is 0 Å². The number of hydrogen-bond donors (Lipinski definition) is 1. The predicted molar refractivity (Wildman–Crippen MR) is 74.3 cm³/mol. The van der Waals surface area contributed by atoms with Gasteiger partial charge in [-0.15, -0.1) is 12.4 Å². The maximum Gasteiger partial charge on any atom is 0.228 e. The van der Waals surface area contributed by atoms with Gasteiger partial charge in [0.2, 0.25) is 5.91 Å². The Bertz CT molecular complexity index is 408. The molecule has 4 nitrogen and oxygen atoms in total. The number of amides is 1. The van der Waals surface area contributed by atoms with Gasteiger partial charge in [-0.3, -0.25) is 4.79 Å². The first kappa shape index (κ1) is 15.9. The van der Waals surface area contributed by atoms with Crippen molar-refractivity contribution < 1.29 is 13.9 Å². The Hall–Kier alpha value is -1.17. The fourth-order valence-electron chi connectivity index (χ4n) is 1.91. The molecule has 1 saturated heterocycles. The van der Waals surface area contributed by atoms with Crippen LogP contribution in [0.1, 0.15) is 6.42 Å². The molecule has 2 rings (SSSR count). The molecule has 0 radical (unpaired) electrons. The number of carbonyl (C=O) groups excluding carboxylic acids is 1. The summed E-state index contributed by atoms with van der Waals surface area (Å²) in [6.45, 7) is 2.03. The van der Waals surface area contributed by atoms with Gasteiger partial charge < -0.3 is 15.0 Å². The van der Waals surface area contributed by atoms with Crippen LogP contribution < -0.4 is 10.2 Å². The topological polar surface area (TPSA) is 41.6 Å². The first-order valence-electron chi connectivity index (χ1n) is 6.00. The maximum atomic E-state index is 12.8. The van der Waals surface area contributed by atoms with Crippen LogP contribution in [0.15, 0.2) is 24.3 Å². The van der Waals surface area contributed by atoms with Gasteiger partial charge in [0.15, 0.2) is 0 Å². The molecule has 6 heteroatoms. The third-order valence-electron chi connectivity index (χ3n) is 3.01. The van der Waals surface area contributed by atoms with E-state index in [2.05, 4.69) is 5.32 Å². The molecule has 0 bridgehead atoms. The van der Waals surface area contributed by atoms with E-state index in [0.717, 1.165) is 6.54 Å². The number of ether oxygens (including phenoxy) is 1. The third kappa shape index (κ3) is 4.45.